The van der Waals surface area contributed by atoms with Gasteiger partial charge in [0.15, 0.2) is 5.78 Å². The minimum atomic E-state index is -0.310. The number of nitrogens with one attached hydrogen (secondary N) is 2. The van der Waals surface area contributed by atoms with Crippen LogP contribution in [0.1, 0.15) is 15.9 Å². The number of ketones is 1. The maximum absolute atomic E-state index is 12.6. The smallest absolute Gasteiger partial charge is 0.306 e. The summed E-state index contributed by atoms with van der Waals surface area (Å²) in [6.45, 7) is 0. The van der Waals surface area contributed by atoms with Crippen LogP contribution < -0.4 is 5.69 Å². The second kappa shape index (κ2) is 5.44. The van der Waals surface area contributed by atoms with Crippen LogP contribution in [-0.2, 0) is 0 Å². The second-order valence-electron chi connectivity index (χ2n) is 4.41. The fourth-order valence-electron chi connectivity index (χ4n) is 2.02. The maximum Gasteiger partial charge on any atom is 0.323 e. The van der Waals surface area contributed by atoms with Crippen molar-refractivity contribution in [2.75, 3.05) is 0 Å². The highest BCUT2D eigenvalue weighted by atomic mass is 79.9. The van der Waals surface area contributed by atoms with E-state index in [0.717, 1.165) is 0 Å². The Morgan fingerprint density at radius 2 is 1.67 bits per heavy atom. The monoisotopic (exact) mass is 428 g/mol. The predicted molar refractivity (Wildman–Crippen MR) is 89.2 cm³/mol. The molecule has 0 radical (unpaired) electrons. The third kappa shape index (κ3) is 2.71. The minimum absolute atomic E-state index is 0.164. The summed E-state index contributed by atoms with van der Waals surface area (Å²) in [5.41, 5.74) is 1.88. The molecule has 0 saturated heterocycles. The number of hydrogen-bond donors (Lipinski definition) is 2. The SMILES string of the molecule is O=C(c1ccc(Cl)c(Br)c1)c1cc2[nH]c(=O)[nH]c2cc1Br. The van der Waals surface area contributed by atoms with Crippen molar-refractivity contribution >= 4 is 60.3 Å². The van der Waals surface area contributed by atoms with E-state index in [1.54, 1.807) is 30.3 Å². The maximum atomic E-state index is 12.6. The predicted octanol–water partition coefficient (Wildman–Crippen LogP) is 4.27. The summed E-state index contributed by atoms with van der Waals surface area (Å²) in [5, 5.41) is 0.538. The van der Waals surface area contributed by atoms with Gasteiger partial charge in [-0.05, 0) is 62.2 Å². The lowest BCUT2D eigenvalue weighted by Gasteiger charge is -2.06. The number of carbonyl (C=O) groups excluding carboxylic acids is 1. The zero-order chi connectivity index (χ0) is 15.1. The molecule has 7 heteroatoms. The molecule has 3 rings (SSSR count). The van der Waals surface area contributed by atoms with Gasteiger partial charge >= 0.3 is 5.69 Å². The van der Waals surface area contributed by atoms with Crippen LogP contribution in [0.4, 0.5) is 0 Å². The summed E-state index contributed by atoms with van der Waals surface area (Å²) in [6.07, 6.45) is 0. The lowest BCUT2D eigenvalue weighted by molar-refractivity contribution is 0.103. The summed E-state index contributed by atoms with van der Waals surface area (Å²) in [6, 6.07) is 8.32. The largest absolute Gasteiger partial charge is 0.323 e. The van der Waals surface area contributed by atoms with E-state index in [1.807, 2.05) is 0 Å². The van der Waals surface area contributed by atoms with E-state index in [4.69, 9.17) is 11.6 Å². The van der Waals surface area contributed by atoms with Crippen LogP contribution >= 0.6 is 43.5 Å². The molecule has 0 amide bonds. The molecule has 4 nitrogen and oxygen atoms in total. The number of fused-ring (bicyclic) bond motifs is 1. The molecule has 0 unspecified atom stereocenters. The Kier molecular flexibility index (Phi) is 3.77. The van der Waals surface area contributed by atoms with E-state index >= 15 is 0 Å². The third-order valence-corrected chi connectivity index (χ3v) is 4.90. The van der Waals surface area contributed by atoms with E-state index in [2.05, 4.69) is 41.8 Å². The second-order valence-corrected chi connectivity index (χ2v) is 6.53. The molecule has 0 aliphatic heterocycles. The van der Waals surface area contributed by atoms with Crippen LogP contribution in [-0.4, -0.2) is 15.8 Å². The summed E-state index contributed by atoms with van der Waals surface area (Å²) in [4.78, 5) is 29.2. The molecule has 21 heavy (non-hydrogen) atoms. The molecule has 0 aliphatic rings. The molecule has 106 valence electrons. The molecule has 0 saturated carbocycles. The van der Waals surface area contributed by atoms with Crippen LogP contribution in [0, 0.1) is 0 Å². The summed E-state index contributed by atoms with van der Waals surface area (Å²) >= 11 is 12.6. The number of benzene rings is 2. The van der Waals surface area contributed by atoms with Gasteiger partial charge in [0.05, 0.1) is 16.1 Å². The molecule has 0 bridgehead atoms. The van der Waals surface area contributed by atoms with Gasteiger partial charge in [0.1, 0.15) is 0 Å². The Balaban J connectivity index is 2.14. The normalized spacial score (nSPS) is 11.0. The molecule has 0 spiro atoms. The first kappa shape index (κ1) is 14.6. The molecule has 2 aromatic carbocycles. The van der Waals surface area contributed by atoms with Crippen molar-refractivity contribution in [3.63, 3.8) is 0 Å². The number of rotatable bonds is 2. The van der Waals surface area contributed by atoms with Crippen molar-refractivity contribution in [2.24, 2.45) is 0 Å². The van der Waals surface area contributed by atoms with E-state index < -0.39 is 0 Å². The Bertz CT molecular complexity index is 930. The highest BCUT2D eigenvalue weighted by molar-refractivity contribution is 9.10. The molecule has 3 aromatic rings. The number of aromatic amines is 2. The van der Waals surface area contributed by atoms with Crippen LogP contribution in [0.3, 0.4) is 0 Å². The van der Waals surface area contributed by atoms with Gasteiger partial charge in [0.25, 0.3) is 0 Å². The third-order valence-electron chi connectivity index (χ3n) is 3.03. The van der Waals surface area contributed by atoms with Gasteiger partial charge in [-0.1, -0.05) is 11.6 Å². The van der Waals surface area contributed by atoms with Gasteiger partial charge in [-0.15, -0.1) is 0 Å². The van der Waals surface area contributed by atoms with Crippen LogP contribution in [0.2, 0.25) is 5.02 Å². The summed E-state index contributed by atoms with van der Waals surface area (Å²) in [5.74, 6) is -0.164. The first-order chi connectivity index (χ1) is 9.95. The van der Waals surface area contributed by atoms with Crippen LogP contribution in [0.5, 0.6) is 0 Å². The van der Waals surface area contributed by atoms with Gasteiger partial charge in [0, 0.05) is 20.1 Å². The van der Waals surface area contributed by atoms with Crippen molar-refractivity contribution in [3.8, 4) is 0 Å². The van der Waals surface area contributed by atoms with E-state index in [0.29, 0.717) is 36.1 Å². The number of imidazole rings is 1. The lowest BCUT2D eigenvalue weighted by Crippen LogP contribution is -2.02. The molecule has 1 aromatic heterocycles. The van der Waals surface area contributed by atoms with Gasteiger partial charge < -0.3 is 9.97 Å². The standard InChI is InChI=1S/C14H7Br2ClN2O2/c15-8-5-12-11(18-14(21)19-12)4-7(8)13(20)6-1-2-10(17)9(16)3-6/h1-5H,(H2,18,19,21). The van der Waals surface area contributed by atoms with Gasteiger partial charge in [-0.25, -0.2) is 4.79 Å². The summed E-state index contributed by atoms with van der Waals surface area (Å²) < 4.78 is 1.27. The zero-order valence-corrected chi connectivity index (χ0v) is 14.3. The number of H-pyrrole nitrogens is 2. The van der Waals surface area contributed by atoms with E-state index in [-0.39, 0.29) is 11.5 Å². The highest BCUT2D eigenvalue weighted by Gasteiger charge is 2.15. The van der Waals surface area contributed by atoms with E-state index in [9.17, 15) is 9.59 Å². The van der Waals surface area contributed by atoms with E-state index in [1.165, 1.54) is 0 Å². The van der Waals surface area contributed by atoms with Gasteiger partial charge in [-0.3, -0.25) is 4.79 Å². The first-order valence-electron chi connectivity index (χ1n) is 5.87. The van der Waals surface area contributed by atoms with Crippen molar-refractivity contribution in [3.05, 3.63) is 65.9 Å². The van der Waals surface area contributed by atoms with Gasteiger partial charge in [-0.2, -0.15) is 0 Å². The van der Waals surface area contributed by atoms with Crippen LogP contribution in [0.15, 0.2) is 44.1 Å². The average Bonchev–Trinajstić information content (AvgIpc) is 2.79. The average molecular weight is 430 g/mol. The summed E-state index contributed by atoms with van der Waals surface area (Å²) in [7, 11) is 0. The topological polar surface area (TPSA) is 65.7 Å². The number of carbonyl (C=O) groups is 1. The minimum Gasteiger partial charge on any atom is -0.306 e. The molecule has 0 atom stereocenters. The van der Waals surface area contributed by atoms with Crippen molar-refractivity contribution in [1.82, 2.24) is 9.97 Å². The van der Waals surface area contributed by atoms with Crippen molar-refractivity contribution in [2.45, 2.75) is 0 Å². The fourth-order valence-corrected chi connectivity index (χ4v) is 3.04. The van der Waals surface area contributed by atoms with Crippen molar-refractivity contribution < 1.29 is 4.79 Å². The Morgan fingerprint density at radius 1 is 1.00 bits per heavy atom. The number of halogens is 3. The molecule has 0 fully saturated rings. The number of aromatic nitrogens is 2. The number of hydrogen-bond acceptors (Lipinski definition) is 2. The Hall–Kier alpha value is -1.37. The van der Waals surface area contributed by atoms with Crippen molar-refractivity contribution in [1.29, 1.82) is 0 Å². The lowest BCUT2D eigenvalue weighted by atomic mass is 10.0. The first-order valence-corrected chi connectivity index (χ1v) is 7.83. The molecular formula is C14H7Br2ClN2O2. The highest BCUT2D eigenvalue weighted by Crippen LogP contribution is 2.28. The van der Waals surface area contributed by atoms with Gasteiger partial charge in [0.2, 0.25) is 0 Å². The molecule has 1 heterocycles. The zero-order valence-electron chi connectivity index (χ0n) is 10.3. The molecular weight excluding hydrogens is 423 g/mol. The fraction of sp³-hybridized carbons (Fsp3) is 0. The molecule has 0 aliphatic carbocycles. The van der Waals surface area contributed by atoms with Crippen LogP contribution in [0.25, 0.3) is 11.0 Å². The molecule has 2 N–H and O–H groups in total. The quantitative estimate of drug-likeness (QED) is 0.597. The Labute approximate surface area is 140 Å². The Morgan fingerprint density at radius 3 is 2.33 bits per heavy atom.